The van der Waals surface area contributed by atoms with Gasteiger partial charge in [0.15, 0.2) is 0 Å². The average Bonchev–Trinajstić information content (AvgIpc) is 2.73. The Morgan fingerprint density at radius 2 is 2.11 bits per heavy atom. The molecule has 0 saturated carbocycles. The van der Waals surface area contributed by atoms with Crippen molar-refractivity contribution >= 4 is 0 Å². The van der Waals surface area contributed by atoms with Crippen molar-refractivity contribution < 1.29 is 0 Å². The first-order chi connectivity index (χ1) is 8.72. The van der Waals surface area contributed by atoms with Gasteiger partial charge in [-0.3, -0.25) is 9.58 Å². The van der Waals surface area contributed by atoms with Gasteiger partial charge in [-0.25, -0.2) is 0 Å². The van der Waals surface area contributed by atoms with E-state index in [9.17, 15) is 0 Å². The van der Waals surface area contributed by atoms with Gasteiger partial charge in [0, 0.05) is 13.6 Å². The molecule has 102 valence electrons. The lowest BCUT2D eigenvalue weighted by Gasteiger charge is -2.31. The number of nitrogens with zero attached hydrogens (tertiary/aromatic N) is 3. The van der Waals surface area contributed by atoms with Gasteiger partial charge in [-0.05, 0) is 57.3 Å². The topological polar surface area (TPSA) is 47.1 Å². The molecule has 0 radical (unpaired) electrons. The molecule has 4 heteroatoms. The molecule has 0 atom stereocenters. The molecule has 2 N–H and O–H groups in total. The molecule has 2 heterocycles. The highest BCUT2D eigenvalue weighted by molar-refractivity contribution is 5.10. The van der Waals surface area contributed by atoms with Crippen LogP contribution in [0.3, 0.4) is 0 Å². The Hall–Kier alpha value is -0.870. The van der Waals surface area contributed by atoms with E-state index in [4.69, 9.17) is 5.73 Å². The first-order valence-corrected chi connectivity index (χ1v) is 7.17. The van der Waals surface area contributed by atoms with E-state index in [0.717, 1.165) is 25.4 Å². The summed E-state index contributed by atoms with van der Waals surface area (Å²) in [6.45, 7) is 6.45. The van der Waals surface area contributed by atoms with E-state index in [1.807, 2.05) is 4.68 Å². The van der Waals surface area contributed by atoms with E-state index >= 15 is 0 Å². The summed E-state index contributed by atoms with van der Waals surface area (Å²) in [6, 6.07) is 2.24. The number of piperidine rings is 1. The molecule has 2 rings (SSSR count). The van der Waals surface area contributed by atoms with Crippen LogP contribution < -0.4 is 5.73 Å². The Balaban J connectivity index is 1.85. The van der Waals surface area contributed by atoms with E-state index < -0.39 is 0 Å². The van der Waals surface area contributed by atoms with Crippen LogP contribution in [0.2, 0.25) is 0 Å². The minimum atomic E-state index is 0.840. The Bertz CT molecular complexity index is 364. The van der Waals surface area contributed by atoms with Crippen LogP contribution in [0, 0.1) is 5.92 Å². The fourth-order valence-electron chi connectivity index (χ4n) is 2.79. The molecule has 1 aromatic heterocycles. The Labute approximate surface area is 110 Å². The Morgan fingerprint density at radius 3 is 2.67 bits per heavy atom. The summed E-state index contributed by atoms with van der Waals surface area (Å²) in [5.74, 6) is 0.851. The van der Waals surface area contributed by atoms with Gasteiger partial charge in [0.1, 0.15) is 0 Å². The molecule has 0 aliphatic carbocycles. The third-order valence-corrected chi connectivity index (χ3v) is 4.06. The molecule has 0 amide bonds. The molecule has 1 aliphatic heterocycles. The predicted octanol–water partition coefficient (Wildman–Crippen LogP) is 1.54. The molecule has 1 aromatic rings. The van der Waals surface area contributed by atoms with Crippen LogP contribution in [0.4, 0.5) is 0 Å². The van der Waals surface area contributed by atoms with Crippen molar-refractivity contribution in [2.24, 2.45) is 18.7 Å². The highest BCUT2D eigenvalue weighted by Crippen LogP contribution is 2.21. The summed E-state index contributed by atoms with van der Waals surface area (Å²) in [7, 11) is 2.05. The van der Waals surface area contributed by atoms with Crippen molar-refractivity contribution in [1.29, 1.82) is 0 Å². The number of aromatic nitrogens is 2. The summed E-state index contributed by atoms with van der Waals surface area (Å²) < 4.78 is 2.03. The smallest absolute Gasteiger partial charge is 0.0625 e. The van der Waals surface area contributed by atoms with Crippen LogP contribution in [0.15, 0.2) is 6.07 Å². The molecule has 1 saturated heterocycles. The fraction of sp³-hybridized carbons (Fsp3) is 0.786. The first-order valence-electron chi connectivity index (χ1n) is 7.17. The lowest BCUT2D eigenvalue weighted by atomic mass is 9.93. The minimum Gasteiger partial charge on any atom is -0.330 e. The van der Waals surface area contributed by atoms with Gasteiger partial charge >= 0.3 is 0 Å². The molecule has 0 bridgehead atoms. The highest BCUT2D eigenvalue weighted by atomic mass is 15.3. The van der Waals surface area contributed by atoms with E-state index in [1.54, 1.807) is 0 Å². The van der Waals surface area contributed by atoms with Crippen molar-refractivity contribution in [2.45, 2.75) is 39.2 Å². The van der Waals surface area contributed by atoms with Crippen molar-refractivity contribution in [2.75, 3.05) is 19.6 Å². The van der Waals surface area contributed by atoms with E-state index in [2.05, 4.69) is 30.0 Å². The molecule has 4 nitrogen and oxygen atoms in total. The highest BCUT2D eigenvalue weighted by Gasteiger charge is 2.19. The molecule has 0 aromatic carbocycles. The zero-order chi connectivity index (χ0) is 13.0. The van der Waals surface area contributed by atoms with Crippen LogP contribution in [0.5, 0.6) is 0 Å². The molecule has 18 heavy (non-hydrogen) atoms. The van der Waals surface area contributed by atoms with Crippen molar-refractivity contribution in [3.63, 3.8) is 0 Å². The van der Waals surface area contributed by atoms with E-state index in [1.165, 1.54) is 43.7 Å². The molecule has 0 unspecified atom stereocenters. The van der Waals surface area contributed by atoms with Gasteiger partial charge in [0.05, 0.1) is 11.4 Å². The standard InChI is InChI=1S/C14H26N4/c1-3-13-10-14(17(2)16-13)11-18-8-5-12(4-7-15)6-9-18/h10,12H,3-9,11,15H2,1-2H3. The fourth-order valence-corrected chi connectivity index (χ4v) is 2.79. The van der Waals surface area contributed by atoms with Crippen molar-refractivity contribution in [3.8, 4) is 0 Å². The van der Waals surface area contributed by atoms with Gasteiger partial charge in [-0.15, -0.1) is 0 Å². The number of rotatable bonds is 5. The molecule has 1 fully saturated rings. The quantitative estimate of drug-likeness (QED) is 0.862. The maximum absolute atomic E-state index is 5.63. The second-order valence-electron chi connectivity index (χ2n) is 5.40. The summed E-state index contributed by atoms with van der Waals surface area (Å²) in [5.41, 5.74) is 8.17. The minimum absolute atomic E-state index is 0.840. The Kier molecular flexibility index (Phi) is 4.78. The number of nitrogens with two attached hydrogens (primary N) is 1. The Morgan fingerprint density at radius 1 is 1.39 bits per heavy atom. The number of hydrogen-bond donors (Lipinski definition) is 1. The average molecular weight is 250 g/mol. The van der Waals surface area contributed by atoms with Crippen molar-refractivity contribution in [3.05, 3.63) is 17.5 Å². The zero-order valence-electron chi connectivity index (χ0n) is 11.7. The van der Waals surface area contributed by atoms with Crippen molar-refractivity contribution in [1.82, 2.24) is 14.7 Å². The maximum atomic E-state index is 5.63. The number of aryl methyl sites for hydroxylation is 2. The lowest BCUT2D eigenvalue weighted by Crippen LogP contribution is -2.34. The summed E-state index contributed by atoms with van der Waals surface area (Å²) >= 11 is 0. The van der Waals surface area contributed by atoms with Gasteiger partial charge in [-0.2, -0.15) is 5.10 Å². The van der Waals surface area contributed by atoms with E-state index in [0.29, 0.717) is 0 Å². The summed E-state index contributed by atoms with van der Waals surface area (Å²) in [4.78, 5) is 2.55. The van der Waals surface area contributed by atoms with Gasteiger partial charge < -0.3 is 5.73 Å². The first kappa shape index (κ1) is 13.6. The van der Waals surface area contributed by atoms with Crippen LogP contribution in [-0.2, 0) is 20.0 Å². The number of hydrogen-bond acceptors (Lipinski definition) is 3. The third kappa shape index (κ3) is 3.33. The van der Waals surface area contributed by atoms with Gasteiger partial charge in [0.2, 0.25) is 0 Å². The largest absolute Gasteiger partial charge is 0.330 e. The van der Waals surface area contributed by atoms with Crippen LogP contribution in [0.25, 0.3) is 0 Å². The second kappa shape index (κ2) is 6.34. The maximum Gasteiger partial charge on any atom is 0.0625 e. The second-order valence-corrected chi connectivity index (χ2v) is 5.40. The zero-order valence-corrected chi connectivity index (χ0v) is 11.7. The summed E-state index contributed by atoms with van der Waals surface area (Å²) in [5, 5.41) is 4.51. The molecule has 0 spiro atoms. The van der Waals surface area contributed by atoms with Gasteiger partial charge in [-0.1, -0.05) is 6.92 Å². The van der Waals surface area contributed by atoms with Crippen LogP contribution in [-0.4, -0.2) is 34.3 Å². The van der Waals surface area contributed by atoms with E-state index in [-0.39, 0.29) is 0 Å². The molecular weight excluding hydrogens is 224 g/mol. The summed E-state index contributed by atoms with van der Waals surface area (Å²) in [6.07, 6.45) is 4.82. The van der Waals surface area contributed by atoms with Gasteiger partial charge in [0.25, 0.3) is 0 Å². The normalized spacial score (nSPS) is 18.4. The SMILES string of the molecule is CCc1cc(CN2CCC(CCN)CC2)n(C)n1. The molecular formula is C14H26N4. The monoisotopic (exact) mass is 250 g/mol. The number of likely N-dealkylation sites (tertiary alicyclic amines) is 1. The third-order valence-electron chi connectivity index (χ3n) is 4.06. The van der Waals surface area contributed by atoms with Crippen LogP contribution >= 0.6 is 0 Å². The lowest BCUT2D eigenvalue weighted by molar-refractivity contribution is 0.170. The van der Waals surface area contributed by atoms with Crippen LogP contribution in [0.1, 0.15) is 37.6 Å². The molecule has 1 aliphatic rings. The predicted molar refractivity (Wildman–Crippen MR) is 74.3 cm³/mol.